The van der Waals surface area contributed by atoms with E-state index in [0.717, 1.165) is 53.3 Å². The van der Waals surface area contributed by atoms with Crippen LogP contribution < -0.4 is 0 Å². The molecule has 4 aromatic rings. The third kappa shape index (κ3) is 6.64. The molecule has 0 aliphatic carbocycles. The Kier molecular flexibility index (Phi) is 9.48. The van der Waals surface area contributed by atoms with Gasteiger partial charge in [0.2, 0.25) is 0 Å². The molecular formula is C37H47N2O+. The van der Waals surface area contributed by atoms with Gasteiger partial charge in [-0.1, -0.05) is 95.9 Å². The zero-order valence-corrected chi connectivity index (χ0v) is 25.6. The lowest BCUT2D eigenvalue weighted by atomic mass is 10.0. The molecule has 0 radical (unpaired) electrons. The lowest BCUT2D eigenvalue weighted by molar-refractivity contribution is -0.970. The van der Waals surface area contributed by atoms with Crippen LogP contribution in [0.2, 0.25) is 0 Å². The van der Waals surface area contributed by atoms with E-state index in [-0.39, 0.29) is 12.1 Å². The van der Waals surface area contributed by atoms with E-state index in [1.165, 1.54) is 33.4 Å². The largest absolute Gasteiger partial charge is 0.301 e. The third-order valence-electron chi connectivity index (χ3n) is 8.47. The van der Waals surface area contributed by atoms with Crippen molar-refractivity contribution >= 4 is 16.7 Å². The minimum absolute atomic E-state index is 0.0561. The molecule has 1 unspecified atom stereocenters. The summed E-state index contributed by atoms with van der Waals surface area (Å²) in [4.78, 5) is 16.8. The minimum Gasteiger partial charge on any atom is -0.301 e. The zero-order valence-electron chi connectivity index (χ0n) is 25.6. The first-order chi connectivity index (χ1) is 19.2. The van der Waals surface area contributed by atoms with Crippen LogP contribution in [0.1, 0.15) is 77.4 Å². The van der Waals surface area contributed by atoms with E-state index in [0.29, 0.717) is 6.54 Å². The topological polar surface area (TPSA) is 20.3 Å². The van der Waals surface area contributed by atoms with E-state index >= 15 is 0 Å². The molecule has 1 amide bonds. The van der Waals surface area contributed by atoms with Crippen molar-refractivity contribution in [1.29, 1.82) is 0 Å². The standard InChI is InChI=1S/C37H47N2O/c1-8-13-36(39(9-2,10-3)26-32-22-29(6)19-30(7)23-32)38(25-31-20-27(4)18-28(5)21-31)37(40)35-17-16-33-14-11-12-15-34(33)24-35/h11-12,14-24,36H,8-10,13,25-26H2,1-7H3/q+1. The second-order valence-electron chi connectivity index (χ2n) is 11.8. The maximum atomic E-state index is 14.6. The fraction of sp³-hybridized carbons (Fsp3) is 0.378. The monoisotopic (exact) mass is 535 g/mol. The molecule has 0 fully saturated rings. The van der Waals surface area contributed by atoms with Gasteiger partial charge in [-0.25, -0.2) is 0 Å². The second kappa shape index (κ2) is 12.8. The van der Waals surface area contributed by atoms with Gasteiger partial charge in [-0.15, -0.1) is 0 Å². The summed E-state index contributed by atoms with van der Waals surface area (Å²) >= 11 is 0. The number of rotatable bonds is 11. The highest BCUT2D eigenvalue weighted by Gasteiger charge is 2.40. The van der Waals surface area contributed by atoms with Gasteiger partial charge >= 0.3 is 0 Å². The van der Waals surface area contributed by atoms with Crippen molar-refractivity contribution in [3.8, 4) is 0 Å². The SMILES string of the molecule is CCCC(N(Cc1cc(C)cc(C)c1)C(=O)c1ccc2ccccc2c1)[N+](CC)(CC)Cc1cc(C)cc(C)c1. The third-order valence-corrected chi connectivity index (χ3v) is 8.47. The van der Waals surface area contributed by atoms with Crippen molar-refractivity contribution in [3.05, 3.63) is 118 Å². The first-order valence-corrected chi connectivity index (χ1v) is 15.0. The lowest BCUT2D eigenvalue weighted by Gasteiger charge is -2.48. The molecule has 0 spiro atoms. The predicted molar refractivity (Wildman–Crippen MR) is 169 cm³/mol. The molecule has 1 atom stereocenters. The Bertz CT molecular complexity index is 1430. The first-order valence-electron chi connectivity index (χ1n) is 15.0. The molecule has 3 heteroatoms. The van der Waals surface area contributed by atoms with Crippen LogP contribution in [-0.4, -0.2) is 34.5 Å². The average molecular weight is 536 g/mol. The molecule has 3 nitrogen and oxygen atoms in total. The highest BCUT2D eigenvalue weighted by Crippen LogP contribution is 2.30. The van der Waals surface area contributed by atoms with Crippen LogP contribution in [0, 0.1) is 27.7 Å². The summed E-state index contributed by atoms with van der Waals surface area (Å²) in [5, 5.41) is 2.26. The number of amides is 1. The Labute approximate surface area is 242 Å². The van der Waals surface area contributed by atoms with Crippen molar-refractivity contribution < 1.29 is 9.28 Å². The summed E-state index contributed by atoms with van der Waals surface area (Å²) in [7, 11) is 0. The van der Waals surface area contributed by atoms with E-state index < -0.39 is 0 Å². The van der Waals surface area contributed by atoms with Crippen LogP contribution in [-0.2, 0) is 13.1 Å². The molecule has 0 aliphatic rings. The number of nitrogens with zero attached hydrogens (tertiary/aromatic N) is 2. The van der Waals surface area contributed by atoms with Gasteiger partial charge < -0.3 is 4.48 Å². The molecule has 0 bridgehead atoms. The summed E-state index contributed by atoms with van der Waals surface area (Å²) in [5.74, 6) is 0.119. The van der Waals surface area contributed by atoms with Crippen LogP contribution in [0.25, 0.3) is 10.8 Å². The quantitative estimate of drug-likeness (QED) is 0.139. The van der Waals surface area contributed by atoms with Crippen LogP contribution in [0.3, 0.4) is 0 Å². The summed E-state index contributed by atoms with van der Waals surface area (Å²) in [6, 6.07) is 28.1. The van der Waals surface area contributed by atoms with Crippen molar-refractivity contribution in [2.45, 2.75) is 80.6 Å². The van der Waals surface area contributed by atoms with Gasteiger partial charge in [0.15, 0.2) is 6.17 Å². The highest BCUT2D eigenvalue weighted by atomic mass is 16.2. The summed E-state index contributed by atoms with van der Waals surface area (Å²) in [5.41, 5.74) is 8.39. The van der Waals surface area contributed by atoms with Gasteiger partial charge in [0.05, 0.1) is 19.6 Å². The van der Waals surface area contributed by atoms with Crippen LogP contribution in [0.4, 0.5) is 0 Å². The molecule has 0 aliphatic heterocycles. The molecule has 40 heavy (non-hydrogen) atoms. The van der Waals surface area contributed by atoms with Gasteiger partial charge in [0, 0.05) is 17.5 Å². The van der Waals surface area contributed by atoms with Gasteiger partial charge in [-0.3, -0.25) is 9.69 Å². The lowest BCUT2D eigenvalue weighted by Crippen LogP contribution is -2.62. The Balaban J connectivity index is 1.84. The average Bonchev–Trinajstić information content (AvgIpc) is 2.92. The van der Waals surface area contributed by atoms with Crippen LogP contribution >= 0.6 is 0 Å². The van der Waals surface area contributed by atoms with Crippen LogP contribution in [0.15, 0.2) is 78.9 Å². The summed E-state index contributed by atoms with van der Waals surface area (Å²) in [6.07, 6.45) is 2.03. The Morgan fingerprint density at radius 2 is 1.25 bits per heavy atom. The normalized spacial score (nSPS) is 12.5. The number of carbonyl (C=O) groups is 1. The Hall–Kier alpha value is -3.43. The molecular weight excluding hydrogens is 488 g/mol. The summed E-state index contributed by atoms with van der Waals surface area (Å²) in [6.45, 7) is 18.9. The Morgan fingerprint density at radius 3 is 1.80 bits per heavy atom. The fourth-order valence-corrected chi connectivity index (χ4v) is 6.64. The van der Waals surface area contributed by atoms with Gasteiger partial charge in [-0.2, -0.15) is 0 Å². The highest BCUT2D eigenvalue weighted by molar-refractivity contribution is 5.98. The number of carbonyl (C=O) groups excluding carboxylic acids is 1. The summed E-state index contributed by atoms with van der Waals surface area (Å²) < 4.78 is 0.848. The Morgan fingerprint density at radius 1 is 0.700 bits per heavy atom. The molecule has 0 N–H and O–H groups in total. The number of benzene rings is 4. The molecule has 4 rings (SSSR count). The number of quaternary nitrogens is 1. The van der Waals surface area contributed by atoms with Crippen LogP contribution in [0.5, 0.6) is 0 Å². The zero-order chi connectivity index (χ0) is 28.9. The van der Waals surface area contributed by atoms with Crippen molar-refractivity contribution in [3.63, 3.8) is 0 Å². The first kappa shape index (κ1) is 29.6. The molecule has 0 aromatic heterocycles. The van der Waals surface area contributed by atoms with Gasteiger partial charge in [0.25, 0.3) is 5.91 Å². The predicted octanol–water partition coefficient (Wildman–Crippen LogP) is 8.90. The van der Waals surface area contributed by atoms with Crippen molar-refractivity contribution in [1.82, 2.24) is 4.90 Å². The molecule has 4 aromatic carbocycles. The number of aryl methyl sites for hydroxylation is 4. The van der Waals surface area contributed by atoms with E-state index in [4.69, 9.17) is 0 Å². The molecule has 0 saturated carbocycles. The minimum atomic E-state index is 0.0561. The van der Waals surface area contributed by atoms with E-state index in [1.807, 2.05) is 12.1 Å². The van der Waals surface area contributed by atoms with E-state index in [1.54, 1.807) is 0 Å². The number of fused-ring (bicyclic) bond motifs is 1. The molecule has 210 valence electrons. The van der Waals surface area contributed by atoms with Crippen molar-refractivity contribution in [2.24, 2.45) is 0 Å². The maximum Gasteiger partial charge on any atom is 0.258 e. The molecule has 0 saturated heterocycles. The molecule has 0 heterocycles. The van der Waals surface area contributed by atoms with E-state index in [2.05, 4.69) is 120 Å². The second-order valence-corrected chi connectivity index (χ2v) is 11.8. The smallest absolute Gasteiger partial charge is 0.258 e. The van der Waals surface area contributed by atoms with Crippen molar-refractivity contribution in [2.75, 3.05) is 13.1 Å². The number of hydrogen-bond acceptors (Lipinski definition) is 1. The fourth-order valence-electron chi connectivity index (χ4n) is 6.64. The van der Waals surface area contributed by atoms with Gasteiger partial charge in [-0.05, 0) is 76.4 Å². The van der Waals surface area contributed by atoms with E-state index in [9.17, 15) is 4.79 Å². The number of hydrogen-bond donors (Lipinski definition) is 0. The van der Waals surface area contributed by atoms with Gasteiger partial charge in [0.1, 0.15) is 6.54 Å². The maximum absolute atomic E-state index is 14.6.